The van der Waals surface area contributed by atoms with Crippen molar-refractivity contribution in [1.82, 2.24) is 5.32 Å². The Morgan fingerprint density at radius 1 is 1.50 bits per heavy atom. The van der Waals surface area contributed by atoms with Crippen LogP contribution < -0.4 is 5.32 Å². The molecule has 12 heavy (non-hydrogen) atoms. The summed E-state index contributed by atoms with van der Waals surface area (Å²) in [6.07, 6.45) is 9.39. The topological polar surface area (TPSA) is 32.3 Å². The van der Waals surface area contributed by atoms with Crippen molar-refractivity contribution in [3.63, 3.8) is 0 Å². The van der Waals surface area contributed by atoms with Crippen LogP contribution in [0.2, 0.25) is 0 Å². The fourth-order valence-electron chi connectivity index (χ4n) is 1.44. The minimum Gasteiger partial charge on any atom is -0.396 e. The Kier molecular flexibility index (Phi) is 3.58. The molecule has 68 valence electrons. The van der Waals surface area contributed by atoms with Crippen LogP contribution in [0.15, 0.2) is 0 Å². The zero-order chi connectivity index (χ0) is 8.86. The average Bonchev–Trinajstić information content (AvgIpc) is 2.81. The molecule has 2 heteroatoms. The summed E-state index contributed by atoms with van der Waals surface area (Å²) in [5.74, 6) is 2.59. The molecule has 0 aromatic carbocycles. The highest BCUT2D eigenvalue weighted by atomic mass is 16.3. The lowest BCUT2D eigenvalue weighted by molar-refractivity contribution is 0.245. The molecule has 0 atom stereocenters. The van der Waals surface area contributed by atoms with E-state index in [1.807, 2.05) is 0 Å². The zero-order valence-electron chi connectivity index (χ0n) is 7.47. The highest BCUT2D eigenvalue weighted by Crippen LogP contribution is 2.47. The molecule has 2 nitrogen and oxygen atoms in total. The lowest BCUT2D eigenvalue weighted by Crippen LogP contribution is -2.25. The van der Waals surface area contributed by atoms with Crippen molar-refractivity contribution < 1.29 is 5.11 Å². The molecule has 1 saturated carbocycles. The van der Waals surface area contributed by atoms with Crippen LogP contribution in [0.1, 0.15) is 25.7 Å². The number of aliphatic hydroxyl groups is 1. The SMILES string of the molecule is C#CCCNCC1(CCO)CC1. The van der Waals surface area contributed by atoms with Gasteiger partial charge >= 0.3 is 0 Å². The van der Waals surface area contributed by atoms with Crippen molar-refractivity contribution in [2.45, 2.75) is 25.7 Å². The van der Waals surface area contributed by atoms with Gasteiger partial charge in [0.15, 0.2) is 0 Å². The molecule has 0 radical (unpaired) electrons. The van der Waals surface area contributed by atoms with Gasteiger partial charge in [-0.05, 0) is 24.7 Å². The van der Waals surface area contributed by atoms with Crippen LogP contribution in [0.25, 0.3) is 0 Å². The Hall–Kier alpha value is -0.520. The molecule has 1 fully saturated rings. The Bertz CT molecular complexity index is 167. The molecule has 0 aliphatic heterocycles. The third-order valence-electron chi connectivity index (χ3n) is 2.55. The number of aliphatic hydroxyl groups excluding tert-OH is 1. The van der Waals surface area contributed by atoms with E-state index in [1.165, 1.54) is 12.8 Å². The maximum absolute atomic E-state index is 8.78. The van der Waals surface area contributed by atoms with Gasteiger partial charge < -0.3 is 10.4 Å². The Morgan fingerprint density at radius 2 is 2.25 bits per heavy atom. The lowest BCUT2D eigenvalue weighted by Gasteiger charge is -2.13. The molecular weight excluding hydrogens is 150 g/mol. The van der Waals surface area contributed by atoms with E-state index in [0.29, 0.717) is 12.0 Å². The van der Waals surface area contributed by atoms with E-state index in [0.717, 1.165) is 25.9 Å². The van der Waals surface area contributed by atoms with E-state index in [1.54, 1.807) is 0 Å². The second kappa shape index (κ2) is 4.49. The Labute approximate surface area is 74.4 Å². The van der Waals surface area contributed by atoms with Gasteiger partial charge in [0.1, 0.15) is 0 Å². The van der Waals surface area contributed by atoms with Gasteiger partial charge in [0.2, 0.25) is 0 Å². The zero-order valence-corrected chi connectivity index (χ0v) is 7.47. The predicted octanol–water partition coefficient (Wildman–Crippen LogP) is 0.762. The van der Waals surface area contributed by atoms with Gasteiger partial charge in [-0.2, -0.15) is 0 Å². The maximum Gasteiger partial charge on any atom is 0.0436 e. The first-order chi connectivity index (χ1) is 5.83. The van der Waals surface area contributed by atoms with E-state index < -0.39 is 0 Å². The molecule has 0 aromatic rings. The first kappa shape index (κ1) is 9.57. The van der Waals surface area contributed by atoms with Gasteiger partial charge in [0.25, 0.3) is 0 Å². The quantitative estimate of drug-likeness (QED) is 0.452. The standard InChI is InChI=1S/C10H17NO/c1-2-3-7-11-9-10(4-5-10)6-8-12/h1,11-12H,3-9H2. The van der Waals surface area contributed by atoms with E-state index in [2.05, 4.69) is 11.2 Å². The van der Waals surface area contributed by atoms with Gasteiger partial charge in [0, 0.05) is 26.1 Å². The van der Waals surface area contributed by atoms with Gasteiger partial charge in [-0.3, -0.25) is 0 Å². The summed E-state index contributed by atoms with van der Waals surface area (Å²) in [5.41, 5.74) is 0.420. The number of rotatable bonds is 6. The molecule has 0 bridgehead atoms. The fourth-order valence-corrected chi connectivity index (χ4v) is 1.44. The van der Waals surface area contributed by atoms with Crippen molar-refractivity contribution in [3.8, 4) is 12.3 Å². The minimum absolute atomic E-state index is 0.316. The van der Waals surface area contributed by atoms with E-state index in [9.17, 15) is 0 Å². The van der Waals surface area contributed by atoms with Gasteiger partial charge in [-0.15, -0.1) is 12.3 Å². The van der Waals surface area contributed by atoms with Crippen molar-refractivity contribution in [2.75, 3.05) is 19.7 Å². The third kappa shape index (κ3) is 2.84. The average molecular weight is 167 g/mol. The Morgan fingerprint density at radius 3 is 2.75 bits per heavy atom. The van der Waals surface area contributed by atoms with Crippen LogP contribution in [0, 0.1) is 17.8 Å². The van der Waals surface area contributed by atoms with Gasteiger partial charge in [0.05, 0.1) is 0 Å². The smallest absolute Gasteiger partial charge is 0.0436 e. The van der Waals surface area contributed by atoms with Crippen LogP contribution in [0.5, 0.6) is 0 Å². The largest absolute Gasteiger partial charge is 0.396 e. The predicted molar refractivity (Wildman–Crippen MR) is 49.7 cm³/mol. The van der Waals surface area contributed by atoms with E-state index in [4.69, 9.17) is 11.5 Å². The fraction of sp³-hybridized carbons (Fsp3) is 0.800. The van der Waals surface area contributed by atoms with Crippen LogP contribution in [0.4, 0.5) is 0 Å². The Balaban J connectivity index is 2.03. The summed E-state index contributed by atoms with van der Waals surface area (Å²) in [7, 11) is 0. The lowest BCUT2D eigenvalue weighted by atomic mass is 10.0. The van der Waals surface area contributed by atoms with Gasteiger partial charge in [-0.1, -0.05) is 0 Å². The van der Waals surface area contributed by atoms with E-state index >= 15 is 0 Å². The second-order valence-electron chi connectivity index (χ2n) is 3.60. The highest BCUT2D eigenvalue weighted by Gasteiger charge is 2.40. The minimum atomic E-state index is 0.316. The van der Waals surface area contributed by atoms with Crippen molar-refractivity contribution in [1.29, 1.82) is 0 Å². The van der Waals surface area contributed by atoms with Crippen molar-refractivity contribution in [3.05, 3.63) is 0 Å². The first-order valence-electron chi connectivity index (χ1n) is 4.58. The second-order valence-corrected chi connectivity index (χ2v) is 3.60. The monoisotopic (exact) mass is 167 g/mol. The molecule has 0 spiro atoms. The molecule has 0 amide bonds. The molecule has 1 aliphatic rings. The summed E-state index contributed by atoms with van der Waals surface area (Å²) >= 11 is 0. The number of terminal acetylenes is 1. The molecular formula is C10H17NO. The molecule has 0 saturated heterocycles. The van der Waals surface area contributed by atoms with Crippen LogP contribution >= 0.6 is 0 Å². The number of hydrogen-bond donors (Lipinski definition) is 2. The molecule has 2 N–H and O–H groups in total. The highest BCUT2D eigenvalue weighted by molar-refractivity contribution is 4.95. The van der Waals surface area contributed by atoms with Gasteiger partial charge in [-0.25, -0.2) is 0 Å². The molecule has 0 aromatic heterocycles. The molecule has 1 rings (SSSR count). The van der Waals surface area contributed by atoms with Crippen LogP contribution in [-0.2, 0) is 0 Å². The van der Waals surface area contributed by atoms with E-state index in [-0.39, 0.29) is 0 Å². The third-order valence-corrected chi connectivity index (χ3v) is 2.55. The van der Waals surface area contributed by atoms with Crippen LogP contribution in [0.3, 0.4) is 0 Å². The number of hydrogen-bond acceptors (Lipinski definition) is 2. The molecule has 0 unspecified atom stereocenters. The molecule has 0 heterocycles. The summed E-state index contributed by atoms with van der Waals surface area (Å²) in [5, 5.41) is 12.1. The summed E-state index contributed by atoms with van der Waals surface area (Å²) in [6.45, 7) is 2.25. The van der Waals surface area contributed by atoms with Crippen molar-refractivity contribution in [2.24, 2.45) is 5.41 Å². The summed E-state index contributed by atoms with van der Waals surface area (Å²) in [6, 6.07) is 0. The van der Waals surface area contributed by atoms with Crippen molar-refractivity contribution >= 4 is 0 Å². The van der Waals surface area contributed by atoms with Crippen LogP contribution in [-0.4, -0.2) is 24.8 Å². The first-order valence-corrected chi connectivity index (χ1v) is 4.58. The normalized spacial score (nSPS) is 18.7. The summed E-state index contributed by atoms with van der Waals surface area (Å²) in [4.78, 5) is 0. The maximum atomic E-state index is 8.78. The summed E-state index contributed by atoms with van der Waals surface area (Å²) < 4.78 is 0. The molecule has 1 aliphatic carbocycles. The number of nitrogens with one attached hydrogen (secondary N) is 1.